The number of esters is 1. The molecule has 1 aliphatic heterocycles. The van der Waals surface area contributed by atoms with Gasteiger partial charge in [-0.1, -0.05) is 24.3 Å². The predicted molar refractivity (Wildman–Crippen MR) is 85.4 cm³/mol. The average Bonchev–Trinajstić information content (AvgIpc) is 3.35. The quantitative estimate of drug-likeness (QED) is 0.514. The van der Waals surface area contributed by atoms with Crippen LogP contribution in [0.15, 0.2) is 24.3 Å². The van der Waals surface area contributed by atoms with Crippen LogP contribution in [0.1, 0.15) is 43.9 Å². The highest BCUT2D eigenvalue weighted by molar-refractivity contribution is 5.69. The Hall–Kier alpha value is -1.72. The molecule has 0 N–H and O–H groups in total. The maximum absolute atomic E-state index is 14.1. The Labute approximate surface area is 136 Å². The van der Waals surface area contributed by atoms with Crippen molar-refractivity contribution in [1.82, 2.24) is 0 Å². The molecule has 1 aromatic rings. The van der Waals surface area contributed by atoms with Crippen molar-refractivity contribution < 1.29 is 23.4 Å². The zero-order chi connectivity index (χ0) is 16.7. The molecule has 1 heterocycles. The summed E-state index contributed by atoms with van der Waals surface area (Å²) in [6, 6.07) is 4.95. The smallest absolute Gasteiger partial charge is 0.306 e. The molecule has 0 saturated carbocycles. The average molecular weight is 322 g/mol. The Morgan fingerprint density at radius 2 is 2.30 bits per heavy atom. The largest absolute Gasteiger partial charge is 0.466 e. The first kappa shape index (κ1) is 17.6. The van der Waals surface area contributed by atoms with Gasteiger partial charge in [-0.3, -0.25) is 4.79 Å². The van der Waals surface area contributed by atoms with Crippen LogP contribution in [-0.2, 0) is 19.0 Å². The third-order valence-electron chi connectivity index (χ3n) is 3.56. The molecule has 0 radical (unpaired) electrons. The van der Waals surface area contributed by atoms with Crippen LogP contribution in [-0.4, -0.2) is 31.9 Å². The number of carbonyl (C=O) groups excluding carboxylic acids is 1. The zero-order valence-electron chi connectivity index (χ0n) is 13.6. The van der Waals surface area contributed by atoms with Crippen LogP contribution in [0.25, 0.3) is 6.08 Å². The monoisotopic (exact) mass is 322 g/mol. The lowest BCUT2D eigenvalue weighted by atomic mass is 10.0. The topological polar surface area (TPSA) is 48.1 Å². The first-order valence-corrected chi connectivity index (χ1v) is 7.95. The van der Waals surface area contributed by atoms with E-state index in [0.29, 0.717) is 31.6 Å². The highest BCUT2D eigenvalue weighted by Gasteiger charge is 2.24. The van der Waals surface area contributed by atoms with Crippen LogP contribution >= 0.6 is 0 Å². The summed E-state index contributed by atoms with van der Waals surface area (Å²) in [5, 5.41) is 0. The van der Waals surface area contributed by atoms with E-state index < -0.39 is 0 Å². The minimum absolute atomic E-state index is 0.176. The summed E-state index contributed by atoms with van der Waals surface area (Å²) in [4.78, 5) is 11.3. The molecule has 0 bridgehead atoms. The summed E-state index contributed by atoms with van der Waals surface area (Å²) in [7, 11) is 0. The standard InChI is InChI=1S/C18H23FO4/c1-3-21-18(20)10-5-4-7-16-15(8-6-9-17(16)19)13(2)22-11-14-12-23-14/h4,6-9,13-14H,3,5,10-12H2,1-2H3/t13-,14?/m1/s1. The predicted octanol–water partition coefficient (Wildman–Crippen LogP) is 3.66. The van der Waals surface area contributed by atoms with Gasteiger partial charge in [-0.05, 0) is 31.9 Å². The molecule has 23 heavy (non-hydrogen) atoms. The van der Waals surface area contributed by atoms with Crippen LogP contribution in [0, 0.1) is 5.82 Å². The second-order valence-corrected chi connectivity index (χ2v) is 5.42. The Kier molecular flexibility index (Phi) is 6.74. The van der Waals surface area contributed by atoms with Gasteiger partial charge in [0.2, 0.25) is 0 Å². The number of halogens is 1. The van der Waals surface area contributed by atoms with E-state index in [9.17, 15) is 9.18 Å². The number of epoxide rings is 1. The summed E-state index contributed by atoms with van der Waals surface area (Å²) in [5.74, 6) is -0.542. The van der Waals surface area contributed by atoms with Crippen molar-refractivity contribution in [2.45, 2.75) is 38.9 Å². The van der Waals surface area contributed by atoms with Gasteiger partial charge >= 0.3 is 5.97 Å². The fourth-order valence-electron chi connectivity index (χ4n) is 2.23. The number of benzene rings is 1. The lowest BCUT2D eigenvalue weighted by Crippen LogP contribution is -2.08. The second kappa shape index (κ2) is 8.79. The fourth-order valence-corrected chi connectivity index (χ4v) is 2.23. The van der Waals surface area contributed by atoms with Crippen molar-refractivity contribution in [2.24, 2.45) is 0 Å². The zero-order valence-corrected chi connectivity index (χ0v) is 13.6. The first-order chi connectivity index (χ1) is 11.1. The molecule has 1 fully saturated rings. The lowest BCUT2D eigenvalue weighted by Gasteiger charge is -2.16. The van der Waals surface area contributed by atoms with Crippen molar-refractivity contribution in [3.05, 3.63) is 41.2 Å². The molecule has 0 spiro atoms. The second-order valence-electron chi connectivity index (χ2n) is 5.42. The van der Waals surface area contributed by atoms with Crippen LogP contribution in [0.4, 0.5) is 4.39 Å². The maximum atomic E-state index is 14.1. The third-order valence-corrected chi connectivity index (χ3v) is 3.56. The molecule has 4 nitrogen and oxygen atoms in total. The summed E-state index contributed by atoms with van der Waals surface area (Å²) < 4.78 is 29.8. The third kappa shape index (κ3) is 5.77. The highest BCUT2D eigenvalue weighted by Crippen LogP contribution is 2.26. The van der Waals surface area contributed by atoms with E-state index in [-0.39, 0.29) is 24.0 Å². The van der Waals surface area contributed by atoms with Crippen molar-refractivity contribution in [1.29, 1.82) is 0 Å². The van der Waals surface area contributed by atoms with E-state index >= 15 is 0 Å². The minimum Gasteiger partial charge on any atom is -0.466 e. The fraction of sp³-hybridized carbons (Fsp3) is 0.500. The first-order valence-electron chi connectivity index (χ1n) is 7.95. The Bertz CT molecular complexity index is 552. The van der Waals surface area contributed by atoms with Crippen molar-refractivity contribution in [3.8, 4) is 0 Å². The van der Waals surface area contributed by atoms with Crippen molar-refractivity contribution in [2.75, 3.05) is 19.8 Å². The number of allylic oxidation sites excluding steroid dienone is 1. The van der Waals surface area contributed by atoms with Gasteiger partial charge in [-0.15, -0.1) is 0 Å². The van der Waals surface area contributed by atoms with Gasteiger partial charge in [0.25, 0.3) is 0 Å². The maximum Gasteiger partial charge on any atom is 0.306 e. The Morgan fingerprint density at radius 3 is 3.00 bits per heavy atom. The van der Waals surface area contributed by atoms with Gasteiger partial charge < -0.3 is 14.2 Å². The number of carbonyl (C=O) groups is 1. The van der Waals surface area contributed by atoms with E-state index in [1.807, 2.05) is 13.0 Å². The van der Waals surface area contributed by atoms with Gasteiger partial charge in [0.15, 0.2) is 0 Å². The van der Waals surface area contributed by atoms with Gasteiger partial charge in [-0.2, -0.15) is 0 Å². The van der Waals surface area contributed by atoms with Crippen LogP contribution in [0.5, 0.6) is 0 Å². The van der Waals surface area contributed by atoms with Gasteiger partial charge in [0, 0.05) is 12.0 Å². The van der Waals surface area contributed by atoms with E-state index in [4.69, 9.17) is 14.2 Å². The van der Waals surface area contributed by atoms with Gasteiger partial charge in [-0.25, -0.2) is 4.39 Å². The Morgan fingerprint density at radius 1 is 1.52 bits per heavy atom. The summed E-state index contributed by atoms with van der Waals surface area (Å²) in [6.07, 6.45) is 4.25. The SMILES string of the molecule is CCOC(=O)CCC=Cc1c(F)cccc1[C@@H](C)OCC1CO1. The van der Waals surface area contributed by atoms with Gasteiger partial charge in [0.05, 0.1) is 25.9 Å². The lowest BCUT2D eigenvalue weighted by molar-refractivity contribution is -0.142. The molecule has 1 saturated heterocycles. The number of hydrogen-bond acceptors (Lipinski definition) is 4. The minimum atomic E-state index is -0.298. The molecule has 2 rings (SSSR count). The molecular weight excluding hydrogens is 299 g/mol. The van der Waals surface area contributed by atoms with Crippen LogP contribution in [0.2, 0.25) is 0 Å². The molecule has 0 amide bonds. The normalized spacial score (nSPS) is 18.1. The molecule has 2 atom stereocenters. The molecule has 1 aromatic carbocycles. The summed E-state index contributed by atoms with van der Waals surface area (Å²) in [5.41, 5.74) is 1.29. The van der Waals surface area contributed by atoms with Gasteiger partial charge in [0.1, 0.15) is 11.9 Å². The van der Waals surface area contributed by atoms with E-state index in [1.165, 1.54) is 6.07 Å². The molecule has 5 heteroatoms. The molecule has 0 aliphatic carbocycles. The molecule has 0 aromatic heterocycles. The molecule has 1 aliphatic rings. The highest BCUT2D eigenvalue weighted by atomic mass is 19.1. The number of rotatable bonds is 9. The van der Waals surface area contributed by atoms with Crippen LogP contribution in [0.3, 0.4) is 0 Å². The van der Waals surface area contributed by atoms with E-state index in [0.717, 1.165) is 12.2 Å². The summed E-state index contributed by atoms with van der Waals surface area (Å²) >= 11 is 0. The van der Waals surface area contributed by atoms with E-state index in [2.05, 4.69) is 0 Å². The van der Waals surface area contributed by atoms with Crippen LogP contribution < -0.4 is 0 Å². The molecular formula is C18H23FO4. The number of hydrogen-bond donors (Lipinski definition) is 0. The van der Waals surface area contributed by atoms with Crippen molar-refractivity contribution in [3.63, 3.8) is 0 Å². The number of ether oxygens (including phenoxy) is 3. The molecule has 126 valence electrons. The van der Waals surface area contributed by atoms with Crippen molar-refractivity contribution >= 4 is 12.0 Å². The summed E-state index contributed by atoms with van der Waals surface area (Å²) in [6.45, 7) is 5.29. The Balaban J connectivity index is 1.97. The molecule has 1 unspecified atom stereocenters. The van der Waals surface area contributed by atoms with E-state index in [1.54, 1.807) is 25.1 Å².